The van der Waals surface area contributed by atoms with Gasteiger partial charge >= 0.3 is 12.0 Å². The molecule has 0 unspecified atom stereocenters. The van der Waals surface area contributed by atoms with Gasteiger partial charge in [-0.25, -0.2) is 4.79 Å². The molecule has 1 aromatic carbocycles. The monoisotopic (exact) mass is 265 g/mol. The molecule has 3 amide bonds. The second-order valence-electron chi connectivity index (χ2n) is 3.78. The van der Waals surface area contributed by atoms with Crippen LogP contribution in [-0.2, 0) is 4.79 Å². The van der Waals surface area contributed by atoms with Gasteiger partial charge in [0, 0.05) is 17.8 Å². The van der Waals surface area contributed by atoms with E-state index in [4.69, 9.17) is 10.8 Å². The van der Waals surface area contributed by atoms with Gasteiger partial charge in [0.15, 0.2) is 0 Å². The Morgan fingerprint density at radius 1 is 1.37 bits per heavy atom. The first-order chi connectivity index (χ1) is 8.93. The number of hydrogen-bond donors (Lipinski definition) is 3. The van der Waals surface area contributed by atoms with Gasteiger partial charge in [-0.2, -0.15) is 0 Å². The number of carbonyl (C=O) groups is 3. The van der Waals surface area contributed by atoms with Gasteiger partial charge in [-0.15, -0.1) is 0 Å². The number of amides is 3. The molecule has 7 heteroatoms. The normalized spacial score (nSPS) is 9.74. The zero-order valence-electron chi connectivity index (χ0n) is 10.4. The number of carbonyl (C=O) groups excluding carboxylic acids is 2. The fourth-order valence-electron chi connectivity index (χ4n) is 1.44. The smallest absolute Gasteiger partial charge is 0.323 e. The molecule has 0 aromatic heterocycles. The average molecular weight is 265 g/mol. The molecule has 7 nitrogen and oxygen atoms in total. The van der Waals surface area contributed by atoms with Crippen molar-refractivity contribution in [2.75, 3.05) is 18.4 Å². The lowest BCUT2D eigenvalue weighted by Gasteiger charge is -2.19. The second-order valence-corrected chi connectivity index (χ2v) is 3.78. The second kappa shape index (κ2) is 6.39. The van der Waals surface area contributed by atoms with Crippen LogP contribution < -0.4 is 11.1 Å². The molecule has 0 aliphatic rings. The summed E-state index contributed by atoms with van der Waals surface area (Å²) < 4.78 is 0. The van der Waals surface area contributed by atoms with Gasteiger partial charge in [0.25, 0.3) is 0 Å². The minimum absolute atomic E-state index is 0.258. The van der Waals surface area contributed by atoms with E-state index in [-0.39, 0.29) is 12.1 Å². The van der Waals surface area contributed by atoms with E-state index in [0.29, 0.717) is 5.69 Å². The van der Waals surface area contributed by atoms with Gasteiger partial charge < -0.3 is 21.1 Å². The number of anilines is 1. The van der Waals surface area contributed by atoms with Crippen LogP contribution in [0.1, 0.15) is 17.3 Å². The molecule has 0 aliphatic carbocycles. The molecular formula is C12H15N3O4. The Kier molecular flexibility index (Phi) is 4.87. The van der Waals surface area contributed by atoms with Crippen molar-refractivity contribution in [2.45, 2.75) is 6.92 Å². The number of benzene rings is 1. The van der Waals surface area contributed by atoms with Crippen LogP contribution in [0.5, 0.6) is 0 Å². The Morgan fingerprint density at radius 2 is 2.05 bits per heavy atom. The quantitative estimate of drug-likeness (QED) is 0.728. The molecule has 0 radical (unpaired) electrons. The van der Waals surface area contributed by atoms with Crippen molar-refractivity contribution in [3.63, 3.8) is 0 Å². The zero-order valence-corrected chi connectivity index (χ0v) is 10.4. The molecule has 4 N–H and O–H groups in total. The molecule has 0 atom stereocenters. The van der Waals surface area contributed by atoms with Crippen LogP contribution in [0.25, 0.3) is 0 Å². The number of urea groups is 1. The Hall–Kier alpha value is -2.57. The van der Waals surface area contributed by atoms with Crippen molar-refractivity contribution in [3.8, 4) is 0 Å². The van der Waals surface area contributed by atoms with Crippen LogP contribution in [0.3, 0.4) is 0 Å². The molecule has 0 aliphatic heterocycles. The molecule has 19 heavy (non-hydrogen) atoms. The number of nitrogens with two attached hydrogens (primary N) is 1. The third-order valence-corrected chi connectivity index (χ3v) is 2.39. The first-order valence-electron chi connectivity index (χ1n) is 5.61. The van der Waals surface area contributed by atoms with Crippen molar-refractivity contribution in [1.29, 1.82) is 0 Å². The number of nitrogens with one attached hydrogen (secondary N) is 1. The van der Waals surface area contributed by atoms with Gasteiger partial charge in [-0.1, -0.05) is 6.07 Å². The summed E-state index contributed by atoms with van der Waals surface area (Å²) in [6.45, 7) is 1.54. The van der Waals surface area contributed by atoms with Crippen LogP contribution in [-0.4, -0.2) is 41.0 Å². The molecule has 0 saturated carbocycles. The van der Waals surface area contributed by atoms with Crippen molar-refractivity contribution >= 4 is 23.6 Å². The van der Waals surface area contributed by atoms with E-state index in [1.54, 1.807) is 19.1 Å². The Bertz CT molecular complexity index is 502. The van der Waals surface area contributed by atoms with E-state index >= 15 is 0 Å². The van der Waals surface area contributed by atoms with Gasteiger partial charge in [0.2, 0.25) is 5.91 Å². The van der Waals surface area contributed by atoms with Gasteiger partial charge in [0.05, 0.1) is 0 Å². The Balaban J connectivity index is 2.78. The number of carboxylic acid groups (broad SMARTS) is 1. The fraction of sp³-hybridized carbons (Fsp3) is 0.250. The van der Waals surface area contributed by atoms with Crippen molar-refractivity contribution in [3.05, 3.63) is 29.8 Å². The molecule has 1 aromatic rings. The molecule has 1 rings (SSSR count). The minimum atomic E-state index is -1.09. The molecule has 0 heterocycles. The average Bonchev–Trinajstić information content (AvgIpc) is 2.35. The SMILES string of the molecule is CCN(CC(=O)O)C(=O)Nc1cccc(C(N)=O)c1. The fourth-order valence-corrected chi connectivity index (χ4v) is 1.44. The first kappa shape index (κ1) is 14.5. The molecule has 0 fully saturated rings. The summed E-state index contributed by atoms with van der Waals surface area (Å²) in [5.74, 6) is -1.70. The van der Waals surface area contributed by atoms with E-state index in [2.05, 4.69) is 5.32 Å². The number of nitrogens with zero attached hydrogens (tertiary/aromatic N) is 1. The number of rotatable bonds is 5. The van der Waals surface area contributed by atoms with Crippen LogP contribution in [0, 0.1) is 0 Å². The standard InChI is InChI=1S/C12H15N3O4/c1-2-15(7-10(16)17)12(19)14-9-5-3-4-8(6-9)11(13)18/h3-6H,2,7H2,1H3,(H2,13,18)(H,14,19)(H,16,17). The summed E-state index contributed by atoms with van der Waals surface area (Å²) in [6.07, 6.45) is 0. The molecule has 0 saturated heterocycles. The maximum atomic E-state index is 11.8. The predicted octanol–water partition coefficient (Wildman–Crippen LogP) is 0.724. The number of carboxylic acids is 1. The van der Waals surface area contributed by atoms with Crippen LogP contribution in [0.4, 0.5) is 10.5 Å². The molecule has 0 spiro atoms. The van der Waals surface area contributed by atoms with Crippen molar-refractivity contribution in [1.82, 2.24) is 4.90 Å². The lowest BCUT2D eigenvalue weighted by atomic mass is 10.2. The zero-order chi connectivity index (χ0) is 14.4. The van der Waals surface area contributed by atoms with Crippen molar-refractivity contribution in [2.24, 2.45) is 5.73 Å². The van der Waals surface area contributed by atoms with Crippen LogP contribution in [0.15, 0.2) is 24.3 Å². The highest BCUT2D eigenvalue weighted by molar-refractivity contribution is 5.96. The summed E-state index contributed by atoms with van der Waals surface area (Å²) in [5, 5.41) is 11.2. The van der Waals surface area contributed by atoms with Gasteiger partial charge in [0.1, 0.15) is 6.54 Å². The predicted molar refractivity (Wildman–Crippen MR) is 68.9 cm³/mol. The summed E-state index contributed by atoms with van der Waals surface area (Å²) in [6, 6.07) is 5.55. The number of aliphatic carboxylic acids is 1. The molecule has 0 bridgehead atoms. The van der Waals surface area contributed by atoms with Gasteiger partial charge in [-0.3, -0.25) is 9.59 Å². The van der Waals surface area contributed by atoms with Crippen LogP contribution in [0.2, 0.25) is 0 Å². The lowest BCUT2D eigenvalue weighted by Crippen LogP contribution is -2.38. The summed E-state index contributed by atoms with van der Waals surface area (Å²) in [5.41, 5.74) is 5.77. The maximum Gasteiger partial charge on any atom is 0.323 e. The highest BCUT2D eigenvalue weighted by atomic mass is 16.4. The topological polar surface area (TPSA) is 113 Å². The van der Waals surface area contributed by atoms with E-state index < -0.39 is 24.5 Å². The molecular weight excluding hydrogens is 250 g/mol. The van der Waals surface area contributed by atoms with E-state index in [1.807, 2.05) is 0 Å². The van der Waals surface area contributed by atoms with E-state index in [0.717, 1.165) is 4.90 Å². The summed E-state index contributed by atoms with van der Waals surface area (Å²) in [4.78, 5) is 34.5. The van der Waals surface area contributed by atoms with E-state index in [9.17, 15) is 14.4 Å². The highest BCUT2D eigenvalue weighted by Gasteiger charge is 2.15. The van der Waals surface area contributed by atoms with Crippen LogP contribution >= 0.6 is 0 Å². The Labute approximate surface area is 110 Å². The van der Waals surface area contributed by atoms with E-state index in [1.165, 1.54) is 12.1 Å². The third-order valence-electron chi connectivity index (χ3n) is 2.39. The highest BCUT2D eigenvalue weighted by Crippen LogP contribution is 2.11. The molecule has 102 valence electrons. The first-order valence-corrected chi connectivity index (χ1v) is 5.61. The third kappa shape index (κ3) is 4.30. The number of likely N-dealkylation sites (N-methyl/N-ethyl adjacent to an activating group) is 1. The summed E-state index contributed by atoms with van der Waals surface area (Å²) >= 11 is 0. The minimum Gasteiger partial charge on any atom is -0.480 e. The lowest BCUT2D eigenvalue weighted by molar-refractivity contribution is -0.137. The van der Waals surface area contributed by atoms with Gasteiger partial charge in [-0.05, 0) is 25.1 Å². The summed E-state index contributed by atoms with van der Waals surface area (Å²) in [7, 11) is 0. The maximum absolute atomic E-state index is 11.8. The largest absolute Gasteiger partial charge is 0.480 e. The Morgan fingerprint density at radius 3 is 2.58 bits per heavy atom. The number of primary amides is 1. The number of hydrogen-bond acceptors (Lipinski definition) is 3. The van der Waals surface area contributed by atoms with Crippen molar-refractivity contribution < 1.29 is 19.5 Å².